The lowest BCUT2D eigenvalue weighted by molar-refractivity contribution is -0.148. The first-order valence-corrected chi connectivity index (χ1v) is 17.0. The Morgan fingerprint density at radius 3 is 2.51 bits per heavy atom. The molecule has 0 aromatic heterocycles. The lowest BCUT2D eigenvalue weighted by Crippen LogP contribution is -2.34. The van der Waals surface area contributed by atoms with Gasteiger partial charge >= 0.3 is 5.97 Å². The Kier molecular flexibility index (Phi) is 11.7. The number of ether oxygens (including phenoxy) is 2. The minimum Gasteiger partial charge on any atom is -0.494 e. The highest BCUT2D eigenvalue weighted by molar-refractivity contribution is 5.82. The lowest BCUT2D eigenvalue weighted by Gasteiger charge is -2.32. The first-order chi connectivity index (χ1) is 21.8. The van der Waals surface area contributed by atoms with Gasteiger partial charge in [-0.05, 0) is 143 Å². The van der Waals surface area contributed by atoms with Gasteiger partial charge in [-0.15, -0.1) is 0 Å². The van der Waals surface area contributed by atoms with E-state index in [1.165, 1.54) is 41.5 Å². The molecule has 0 radical (unpaired) electrons. The van der Waals surface area contributed by atoms with E-state index in [9.17, 15) is 9.18 Å². The van der Waals surface area contributed by atoms with Crippen molar-refractivity contribution < 1.29 is 18.7 Å². The van der Waals surface area contributed by atoms with E-state index in [1.54, 1.807) is 12.1 Å². The van der Waals surface area contributed by atoms with Gasteiger partial charge in [0, 0.05) is 19.6 Å². The monoisotopic (exact) mass is 614 g/mol. The van der Waals surface area contributed by atoms with Crippen LogP contribution in [0.4, 0.5) is 4.39 Å². The fourth-order valence-corrected chi connectivity index (χ4v) is 6.77. The molecule has 5 nitrogen and oxygen atoms in total. The van der Waals surface area contributed by atoms with Crippen molar-refractivity contribution in [3.05, 3.63) is 100 Å². The van der Waals surface area contributed by atoms with Crippen LogP contribution >= 0.6 is 0 Å². The standard InChI is InChI=1S/C39H51FN2O3/c1-4-44-38(43)39(2,3)35-11-5-8-32(26-35)28-42-23-18-30(19-24-42)9-7-25-45-37-17-14-33-10-6-21-41(29-34(33)27-37)22-20-31-12-15-36(40)16-13-31/h5,8,11-17,26-27,30H,4,6-7,9-10,18-25,28-29H2,1-3H3. The van der Waals surface area contributed by atoms with Crippen LogP contribution in [0.3, 0.4) is 0 Å². The predicted molar refractivity (Wildman–Crippen MR) is 179 cm³/mol. The molecule has 0 aliphatic carbocycles. The SMILES string of the molecule is CCOC(=O)C(C)(C)c1cccc(CN2CCC(CCCOc3ccc4c(c3)CN(CCc3ccc(F)cc3)CCC4)CC2)c1. The van der Waals surface area contributed by atoms with Gasteiger partial charge < -0.3 is 9.47 Å². The third-order valence-corrected chi connectivity index (χ3v) is 9.70. The van der Waals surface area contributed by atoms with Gasteiger partial charge in [0.15, 0.2) is 0 Å². The van der Waals surface area contributed by atoms with Crippen molar-refractivity contribution in [1.29, 1.82) is 0 Å². The van der Waals surface area contributed by atoms with Crippen molar-refractivity contribution in [1.82, 2.24) is 9.80 Å². The molecule has 3 aromatic carbocycles. The number of fused-ring (bicyclic) bond motifs is 1. The Labute approximate surface area is 269 Å². The van der Waals surface area contributed by atoms with Crippen LogP contribution in [-0.2, 0) is 40.9 Å². The third kappa shape index (κ3) is 9.40. The molecular formula is C39H51FN2O3. The highest BCUT2D eigenvalue weighted by Crippen LogP contribution is 2.28. The van der Waals surface area contributed by atoms with E-state index in [1.807, 2.05) is 39.0 Å². The number of likely N-dealkylation sites (tertiary alicyclic amines) is 1. The highest BCUT2D eigenvalue weighted by Gasteiger charge is 2.31. The molecular weight excluding hydrogens is 563 g/mol. The zero-order valence-corrected chi connectivity index (χ0v) is 27.5. The summed E-state index contributed by atoms with van der Waals surface area (Å²) in [5, 5.41) is 0. The van der Waals surface area contributed by atoms with Crippen molar-refractivity contribution in [2.45, 2.75) is 84.2 Å². The summed E-state index contributed by atoms with van der Waals surface area (Å²) in [5.74, 6) is 1.39. The molecule has 0 bridgehead atoms. The second-order valence-corrected chi connectivity index (χ2v) is 13.4. The molecule has 0 unspecified atom stereocenters. The minimum atomic E-state index is -0.647. The fraction of sp³-hybridized carbons (Fsp3) is 0.513. The molecule has 0 atom stereocenters. The quantitative estimate of drug-likeness (QED) is 0.146. The van der Waals surface area contributed by atoms with Gasteiger partial charge in [-0.2, -0.15) is 0 Å². The summed E-state index contributed by atoms with van der Waals surface area (Å²) in [7, 11) is 0. The average molecular weight is 615 g/mol. The molecule has 1 saturated heterocycles. The lowest BCUT2D eigenvalue weighted by atomic mass is 9.84. The summed E-state index contributed by atoms with van der Waals surface area (Å²) >= 11 is 0. The number of carbonyl (C=O) groups excluding carboxylic acids is 1. The van der Waals surface area contributed by atoms with Crippen LogP contribution in [0.5, 0.6) is 5.75 Å². The van der Waals surface area contributed by atoms with Crippen LogP contribution in [0.25, 0.3) is 0 Å². The van der Waals surface area contributed by atoms with E-state index in [0.717, 1.165) is 88.8 Å². The van der Waals surface area contributed by atoms with E-state index in [0.29, 0.717) is 6.61 Å². The minimum absolute atomic E-state index is 0.171. The summed E-state index contributed by atoms with van der Waals surface area (Å²) in [5.41, 5.74) is 5.63. The van der Waals surface area contributed by atoms with Gasteiger partial charge in [0.1, 0.15) is 11.6 Å². The zero-order chi connectivity index (χ0) is 31.6. The number of hydrogen-bond acceptors (Lipinski definition) is 5. The van der Waals surface area contributed by atoms with E-state index >= 15 is 0 Å². The number of rotatable bonds is 13. The summed E-state index contributed by atoms with van der Waals surface area (Å²) in [6.45, 7) is 13.1. The summed E-state index contributed by atoms with van der Waals surface area (Å²) in [6, 6.07) is 22.0. The van der Waals surface area contributed by atoms with Crippen molar-refractivity contribution in [3.63, 3.8) is 0 Å². The van der Waals surface area contributed by atoms with Crippen LogP contribution in [0.1, 0.15) is 80.7 Å². The summed E-state index contributed by atoms with van der Waals surface area (Å²) in [4.78, 5) is 17.6. The van der Waals surface area contributed by atoms with Crippen LogP contribution in [-0.4, -0.2) is 55.2 Å². The van der Waals surface area contributed by atoms with E-state index in [4.69, 9.17) is 9.47 Å². The van der Waals surface area contributed by atoms with Crippen molar-refractivity contribution in [3.8, 4) is 5.75 Å². The fourth-order valence-electron chi connectivity index (χ4n) is 6.77. The van der Waals surface area contributed by atoms with Gasteiger partial charge in [0.25, 0.3) is 0 Å². The van der Waals surface area contributed by atoms with E-state index < -0.39 is 5.41 Å². The Bertz CT molecular complexity index is 1380. The van der Waals surface area contributed by atoms with Crippen LogP contribution in [0.15, 0.2) is 66.7 Å². The number of hydrogen-bond donors (Lipinski definition) is 0. The number of nitrogens with zero attached hydrogens (tertiary/aromatic N) is 2. The topological polar surface area (TPSA) is 42.0 Å². The summed E-state index contributed by atoms with van der Waals surface area (Å²) in [6.07, 6.45) is 7.94. The van der Waals surface area contributed by atoms with Crippen LogP contribution < -0.4 is 4.74 Å². The largest absolute Gasteiger partial charge is 0.494 e. The van der Waals surface area contributed by atoms with Crippen LogP contribution in [0.2, 0.25) is 0 Å². The van der Waals surface area contributed by atoms with E-state index in [2.05, 4.69) is 46.2 Å². The van der Waals surface area contributed by atoms with Crippen molar-refractivity contribution in [2.24, 2.45) is 5.92 Å². The molecule has 2 aliphatic heterocycles. The number of halogens is 1. The third-order valence-electron chi connectivity index (χ3n) is 9.70. The Morgan fingerprint density at radius 1 is 0.933 bits per heavy atom. The second kappa shape index (κ2) is 15.9. The van der Waals surface area contributed by atoms with Gasteiger partial charge in [-0.3, -0.25) is 14.6 Å². The smallest absolute Gasteiger partial charge is 0.315 e. The summed E-state index contributed by atoms with van der Waals surface area (Å²) < 4.78 is 24.8. The number of piperidine rings is 1. The van der Waals surface area contributed by atoms with E-state index in [-0.39, 0.29) is 11.8 Å². The maximum absolute atomic E-state index is 13.3. The highest BCUT2D eigenvalue weighted by atomic mass is 19.1. The molecule has 242 valence electrons. The zero-order valence-electron chi connectivity index (χ0n) is 27.5. The molecule has 2 aliphatic rings. The van der Waals surface area contributed by atoms with Gasteiger partial charge in [-0.1, -0.05) is 42.5 Å². The first-order valence-electron chi connectivity index (χ1n) is 17.0. The molecule has 45 heavy (non-hydrogen) atoms. The first kappa shape index (κ1) is 33.2. The van der Waals surface area contributed by atoms with Crippen molar-refractivity contribution in [2.75, 3.05) is 39.4 Å². The maximum Gasteiger partial charge on any atom is 0.315 e. The Morgan fingerprint density at radius 2 is 1.73 bits per heavy atom. The number of esters is 1. The molecule has 0 amide bonds. The van der Waals surface area contributed by atoms with Gasteiger partial charge in [0.2, 0.25) is 0 Å². The molecule has 6 heteroatoms. The Hall–Kier alpha value is -3.22. The molecule has 0 spiro atoms. The average Bonchev–Trinajstić information content (AvgIpc) is 3.25. The van der Waals surface area contributed by atoms with Crippen LogP contribution in [0, 0.1) is 11.7 Å². The molecule has 1 fully saturated rings. The maximum atomic E-state index is 13.3. The molecule has 0 N–H and O–H groups in total. The Balaban J connectivity index is 1.02. The van der Waals surface area contributed by atoms with Gasteiger partial charge in [0.05, 0.1) is 18.6 Å². The number of carbonyl (C=O) groups is 1. The molecule has 5 rings (SSSR count). The molecule has 3 aromatic rings. The predicted octanol–water partition coefficient (Wildman–Crippen LogP) is 7.73. The second-order valence-electron chi connectivity index (χ2n) is 13.4. The van der Waals surface area contributed by atoms with Gasteiger partial charge in [-0.25, -0.2) is 4.39 Å². The number of benzene rings is 3. The molecule has 0 saturated carbocycles. The number of aryl methyl sites for hydroxylation is 1. The van der Waals surface area contributed by atoms with Crippen molar-refractivity contribution >= 4 is 5.97 Å². The normalized spacial score (nSPS) is 16.6. The molecule has 2 heterocycles.